The van der Waals surface area contributed by atoms with Gasteiger partial charge < -0.3 is 14.8 Å². The van der Waals surface area contributed by atoms with Crippen LogP contribution in [0.3, 0.4) is 0 Å². The van der Waals surface area contributed by atoms with E-state index in [1.54, 1.807) is 18.2 Å². The van der Waals surface area contributed by atoms with E-state index in [2.05, 4.69) is 17.4 Å². The van der Waals surface area contributed by atoms with Gasteiger partial charge in [0.15, 0.2) is 11.5 Å². The van der Waals surface area contributed by atoms with Crippen molar-refractivity contribution in [2.24, 2.45) is 0 Å². The Kier molecular flexibility index (Phi) is 5.85. The molecule has 0 saturated heterocycles. The summed E-state index contributed by atoms with van der Waals surface area (Å²) in [4.78, 5) is 12.5. The van der Waals surface area contributed by atoms with Crippen LogP contribution in [0.5, 0.6) is 11.5 Å². The lowest BCUT2D eigenvalue weighted by molar-refractivity contribution is -0.122. The van der Waals surface area contributed by atoms with Crippen LogP contribution in [0.25, 0.3) is 0 Å². The Bertz CT molecular complexity index is 1040. The van der Waals surface area contributed by atoms with Crippen molar-refractivity contribution in [1.82, 2.24) is 5.32 Å². The molecule has 0 spiro atoms. The van der Waals surface area contributed by atoms with E-state index in [0.29, 0.717) is 23.6 Å². The quantitative estimate of drug-likeness (QED) is 0.729. The van der Waals surface area contributed by atoms with Gasteiger partial charge in [-0.05, 0) is 48.9 Å². The molecule has 8 heteroatoms. The van der Waals surface area contributed by atoms with Gasteiger partial charge in [0.25, 0.3) is 0 Å². The average Bonchev–Trinajstić information content (AvgIpc) is 3.18. The minimum absolute atomic E-state index is 0.0299. The fourth-order valence-electron chi connectivity index (χ4n) is 4.08. The maximum absolute atomic E-state index is 12.5. The number of hydrogen-bond donors (Lipinski definition) is 1. The number of nitrogens with one attached hydrogen (secondary N) is 1. The van der Waals surface area contributed by atoms with Gasteiger partial charge in [-0.2, -0.15) is 0 Å². The van der Waals surface area contributed by atoms with Gasteiger partial charge in [-0.1, -0.05) is 24.3 Å². The number of amides is 1. The molecule has 2 aliphatic rings. The molecule has 0 bridgehead atoms. The third-order valence-corrected chi connectivity index (χ3v) is 6.71. The largest absolute Gasteiger partial charge is 0.454 e. The lowest BCUT2D eigenvalue weighted by atomic mass is 9.87. The molecule has 1 atom stereocenters. The van der Waals surface area contributed by atoms with E-state index in [9.17, 15) is 13.2 Å². The first-order chi connectivity index (χ1) is 14.4. The highest BCUT2D eigenvalue weighted by Crippen LogP contribution is 2.36. The van der Waals surface area contributed by atoms with Gasteiger partial charge in [0.1, 0.15) is 0 Å². The Balaban J connectivity index is 1.37. The number of ether oxygens (including phenoxy) is 2. The van der Waals surface area contributed by atoms with Crippen molar-refractivity contribution in [3.05, 3.63) is 53.6 Å². The van der Waals surface area contributed by atoms with Crippen molar-refractivity contribution in [3.8, 4) is 11.5 Å². The molecule has 0 unspecified atom stereocenters. The van der Waals surface area contributed by atoms with Crippen molar-refractivity contribution in [2.75, 3.05) is 23.9 Å². The van der Waals surface area contributed by atoms with Crippen LogP contribution in [-0.2, 0) is 21.2 Å². The second-order valence-electron chi connectivity index (χ2n) is 7.69. The van der Waals surface area contributed by atoms with Gasteiger partial charge in [0.05, 0.1) is 18.0 Å². The van der Waals surface area contributed by atoms with E-state index in [0.717, 1.165) is 25.5 Å². The second kappa shape index (κ2) is 8.55. The Labute approximate surface area is 177 Å². The van der Waals surface area contributed by atoms with Crippen LogP contribution >= 0.6 is 0 Å². The number of carbonyl (C=O) groups excluding carboxylic acids is 1. The number of fused-ring (bicyclic) bond motifs is 2. The maximum atomic E-state index is 12.5. The molecule has 160 valence electrons. The molecule has 1 heterocycles. The third-order valence-electron chi connectivity index (χ3n) is 5.51. The van der Waals surface area contributed by atoms with Crippen molar-refractivity contribution >= 4 is 21.6 Å². The first-order valence-corrected chi connectivity index (χ1v) is 12.0. The zero-order valence-corrected chi connectivity index (χ0v) is 17.8. The third kappa shape index (κ3) is 4.53. The van der Waals surface area contributed by atoms with Gasteiger partial charge in [0.2, 0.25) is 22.7 Å². The van der Waals surface area contributed by atoms with Crippen LogP contribution < -0.4 is 19.1 Å². The van der Waals surface area contributed by atoms with Crippen molar-refractivity contribution < 1.29 is 22.7 Å². The second-order valence-corrected chi connectivity index (χ2v) is 9.59. The number of carbonyl (C=O) groups is 1. The van der Waals surface area contributed by atoms with Crippen LogP contribution in [0.2, 0.25) is 0 Å². The van der Waals surface area contributed by atoms with Crippen molar-refractivity contribution in [1.29, 1.82) is 0 Å². The SMILES string of the molecule is CS(=O)(=O)N(CCCC(=O)N[C@H]1CCCc2ccccc21)c1ccc2c(c1)OCO2. The summed E-state index contributed by atoms with van der Waals surface area (Å²) in [6.07, 6.45) is 4.86. The van der Waals surface area contributed by atoms with Crippen molar-refractivity contribution in [2.45, 2.75) is 38.1 Å². The summed E-state index contributed by atoms with van der Waals surface area (Å²) in [5, 5.41) is 3.12. The Morgan fingerprint density at radius 2 is 1.97 bits per heavy atom. The first kappa shape index (κ1) is 20.5. The van der Waals surface area contributed by atoms with Gasteiger partial charge in [0, 0.05) is 19.0 Å². The first-order valence-electron chi connectivity index (χ1n) is 10.2. The molecule has 4 rings (SSSR count). The number of benzene rings is 2. The van der Waals surface area contributed by atoms with E-state index in [4.69, 9.17) is 9.47 Å². The summed E-state index contributed by atoms with van der Waals surface area (Å²) in [5.41, 5.74) is 2.98. The van der Waals surface area contributed by atoms with Gasteiger partial charge in [-0.15, -0.1) is 0 Å². The monoisotopic (exact) mass is 430 g/mol. The zero-order chi connectivity index (χ0) is 21.1. The molecule has 30 heavy (non-hydrogen) atoms. The normalized spacial score (nSPS) is 17.3. The highest BCUT2D eigenvalue weighted by molar-refractivity contribution is 7.92. The van der Waals surface area contributed by atoms with E-state index in [-0.39, 0.29) is 31.7 Å². The molecule has 2 aromatic carbocycles. The highest BCUT2D eigenvalue weighted by Gasteiger charge is 2.23. The molecule has 1 aliphatic heterocycles. The summed E-state index contributed by atoms with van der Waals surface area (Å²) in [6, 6.07) is 13.3. The Morgan fingerprint density at radius 3 is 2.80 bits per heavy atom. The number of nitrogens with zero attached hydrogens (tertiary/aromatic N) is 1. The molecule has 0 aromatic heterocycles. The van der Waals surface area contributed by atoms with Gasteiger partial charge in [-0.25, -0.2) is 8.42 Å². The summed E-state index contributed by atoms with van der Waals surface area (Å²) < 4.78 is 36.6. The summed E-state index contributed by atoms with van der Waals surface area (Å²) >= 11 is 0. The fraction of sp³-hybridized carbons (Fsp3) is 0.409. The molecular weight excluding hydrogens is 404 g/mol. The fourth-order valence-corrected chi connectivity index (χ4v) is 5.04. The van der Waals surface area contributed by atoms with Crippen LogP contribution in [0, 0.1) is 0 Å². The van der Waals surface area contributed by atoms with Crippen LogP contribution in [0.4, 0.5) is 5.69 Å². The number of rotatable bonds is 7. The standard InChI is InChI=1S/C22H26N2O5S/c1-30(26,27)24(17-11-12-20-21(14-17)29-15-28-20)13-5-10-22(25)23-19-9-4-7-16-6-2-3-8-18(16)19/h2-3,6,8,11-12,14,19H,4-5,7,9-10,13,15H2,1H3,(H,23,25)/t19-/m0/s1. The predicted octanol–water partition coefficient (Wildman–Crippen LogP) is 3.16. The zero-order valence-electron chi connectivity index (χ0n) is 17.0. The number of sulfonamides is 1. The molecule has 0 radical (unpaired) electrons. The molecule has 1 aliphatic carbocycles. The Morgan fingerprint density at radius 1 is 1.17 bits per heavy atom. The van der Waals surface area contributed by atoms with Crippen molar-refractivity contribution in [3.63, 3.8) is 0 Å². The topological polar surface area (TPSA) is 84.9 Å². The van der Waals surface area contributed by atoms with E-state index >= 15 is 0 Å². The van der Waals surface area contributed by atoms with Gasteiger partial charge >= 0.3 is 0 Å². The Hall–Kier alpha value is -2.74. The molecule has 0 fully saturated rings. The average molecular weight is 431 g/mol. The number of anilines is 1. The lowest BCUT2D eigenvalue weighted by Crippen LogP contribution is -2.33. The maximum Gasteiger partial charge on any atom is 0.232 e. The van der Waals surface area contributed by atoms with Crippen LogP contribution in [0.15, 0.2) is 42.5 Å². The van der Waals surface area contributed by atoms with Crippen LogP contribution in [0.1, 0.15) is 42.9 Å². The predicted molar refractivity (Wildman–Crippen MR) is 114 cm³/mol. The summed E-state index contributed by atoms with van der Waals surface area (Å²) in [7, 11) is -3.50. The number of hydrogen-bond acceptors (Lipinski definition) is 5. The number of aryl methyl sites for hydroxylation is 1. The molecule has 0 saturated carbocycles. The highest BCUT2D eigenvalue weighted by atomic mass is 32.2. The van der Waals surface area contributed by atoms with Crippen LogP contribution in [-0.4, -0.2) is 33.9 Å². The minimum atomic E-state index is -3.50. The van der Waals surface area contributed by atoms with Gasteiger partial charge in [-0.3, -0.25) is 9.10 Å². The summed E-state index contributed by atoms with van der Waals surface area (Å²) in [6.45, 7) is 0.343. The van der Waals surface area contributed by atoms with E-state index in [1.165, 1.54) is 15.4 Å². The molecule has 1 amide bonds. The minimum Gasteiger partial charge on any atom is -0.454 e. The van der Waals surface area contributed by atoms with E-state index < -0.39 is 10.0 Å². The summed E-state index contributed by atoms with van der Waals surface area (Å²) in [5.74, 6) is 1.06. The smallest absolute Gasteiger partial charge is 0.232 e. The molecule has 2 aromatic rings. The van der Waals surface area contributed by atoms with E-state index in [1.807, 2.05) is 12.1 Å². The molecular formula is C22H26N2O5S. The molecule has 1 N–H and O–H groups in total. The lowest BCUT2D eigenvalue weighted by Gasteiger charge is -2.26. The molecule has 7 nitrogen and oxygen atoms in total.